The Labute approximate surface area is 135 Å². The van der Waals surface area contributed by atoms with Crippen molar-refractivity contribution in [3.8, 4) is 11.4 Å². The lowest BCUT2D eigenvalue weighted by Gasteiger charge is -2.34. The van der Waals surface area contributed by atoms with Gasteiger partial charge in [-0.25, -0.2) is 9.97 Å². The molecule has 0 unspecified atom stereocenters. The van der Waals surface area contributed by atoms with Gasteiger partial charge in [0.1, 0.15) is 0 Å². The maximum Gasteiger partial charge on any atom is 0.257 e. The lowest BCUT2D eigenvalue weighted by Crippen LogP contribution is -2.49. The van der Waals surface area contributed by atoms with Crippen molar-refractivity contribution < 1.29 is 9.90 Å². The molecule has 0 saturated carbocycles. The zero-order chi connectivity index (χ0) is 16.1. The molecule has 2 heterocycles. The molecule has 3 rings (SSSR count). The van der Waals surface area contributed by atoms with Crippen LogP contribution in [0.15, 0.2) is 42.7 Å². The van der Waals surface area contributed by atoms with Crippen LogP contribution in [0.1, 0.15) is 10.4 Å². The third kappa shape index (κ3) is 3.72. The number of nitrogens with zero attached hydrogens (tertiary/aromatic N) is 4. The molecule has 1 aromatic carbocycles. The highest BCUT2D eigenvalue weighted by Crippen LogP contribution is 2.14. The summed E-state index contributed by atoms with van der Waals surface area (Å²) in [7, 11) is 0. The second-order valence-electron chi connectivity index (χ2n) is 5.52. The number of hydrogen-bond acceptors (Lipinski definition) is 5. The molecule has 0 bridgehead atoms. The summed E-state index contributed by atoms with van der Waals surface area (Å²) in [6, 6.07) is 9.69. The van der Waals surface area contributed by atoms with Gasteiger partial charge in [-0.2, -0.15) is 0 Å². The second-order valence-corrected chi connectivity index (χ2v) is 5.52. The fourth-order valence-electron chi connectivity index (χ4n) is 2.67. The largest absolute Gasteiger partial charge is 0.395 e. The molecule has 1 saturated heterocycles. The van der Waals surface area contributed by atoms with Crippen LogP contribution in [0.25, 0.3) is 11.4 Å². The third-order valence-corrected chi connectivity index (χ3v) is 4.01. The SMILES string of the molecule is O=C(c1cnc(-c2ccccc2)nc1)N1CCN(CCO)CC1. The topological polar surface area (TPSA) is 69.6 Å². The van der Waals surface area contributed by atoms with Crippen LogP contribution in [0, 0.1) is 0 Å². The molecule has 1 fully saturated rings. The van der Waals surface area contributed by atoms with Gasteiger partial charge in [0.25, 0.3) is 5.91 Å². The van der Waals surface area contributed by atoms with E-state index in [0.717, 1.165) is 18.7 Å². The van der Waals surface area contributed by atoms with Gasteiger partial charge in [-0.05, 0) is 0 Å². The molecule has 0 spiro atoms. The summed E-state index contributed by atoms with van der Waals surface area (Å²) in [6.07, 6.45) is 3.19. The van der Waals surface area contributed by atoms with Crippen LogP contribution in [0.4, 0.5) is 0 Å². The maximum atomic E-state index is 12.5. The van der Waals surface area contributed by atoms with Crippen molar-refractivity contribution in [1.82, 2.24) is 19.8 Å². The first-order chi connectivity index (χ1) is 11.3. The minimum atomic E-state index is -0.0340. The van der Waals surface area contributed by atoms with Crippen LogP contribution in [0.3, 0.4) is 0 Å². The van der Waals surface area contributed by atoms with Crippen molar-refractivity contribution >= 4 is 5.91 Å². The number of β-amino-alcohol motifs (C(OH)–C–C–N with tert-alkyl or cyclic N) is 1. The zero-order valence-corrected chi connectivity index (χ0v) is 12.9. The van der Waals surface area contributed by atoms with Crippen molar-refractivity contribution in [3.63, 3.8) is 0 Å². The van der Waals surface area contributed by atoms with Crippen LogP contribution in [-0.4, -0.2) is 70.1 Å². The lowest BCUT2D eigenvalue weighted by molar-refractivity contribution is 0.0614. The van der Waals surface area contributed by atoms with Crippen molar-refractivity contribution in [2.75, 3.05) is 39.3 Å². The van der Waals surface area contributed by atoms with E-state index in [1.165, 1.54) is 0 Å². The molecule has 1 aromatic heterocycles. The first-order valence-electron chi connectivity index (χ1n) is 7.78. The van der Waals surface area contributed by atoms with Crippen molar-refractivity contribution in [3.05, 3.63) is 48.3 Å². The number of rotatable bonds is 4. The quantitative estimate of drug-likeness (QED) is 0.908. The van der Waals surface area contributed by atoms with E-state index in [-0.39, 0.29) is 12.5 Å². The van der Waals surface area contributed by atoms with Crippen molar-refractivity contribution in [2.45, 2.75) is 0 Å². The van der Waals surface area contributed by atoms with Crippen LogP contribution in [0.5, 0.6) is 0 Å². The number of benzene rings is 1. The summed E-state index contributed by atoms with van der Waals surface area (Å²) in [6.45, 7) is 3.72. The van der Waals surface area contributed by atoms with Crippen molar-refractivity contribution in [1.29, 1.82) is 0 Å². The van der Waals surface area contributed by atoms with E-state index in [0.29, 0.717) is 31.0 Å². The lowest BCUT2D eigenvalue weighted by atomic mass is 10.2. The van der Waals surface area contributed by atoms with Gasteiger partial charge in [-0.15, -0.1) is 0 Å². The van der Waals surface area contributed by atoms with Crippen LogP contribution in [-0.2, 0) is 0 Å². The van der Waals surface area contributed by atoms with Crippen LogP contribution < -0.4 is 0 Å². The molecule has 1 aliphatic rings. The summed E-state index contributed by atoms with van der Waals surface area (Å²) in [5.41, 5.74) is 1.45. The molecule has 1 amide bonds. The molecule has 0 aliphatic carbocycles. The molecule has 23 heavy (non-hydrogen) atoms. The minimum Gasteiger partial charge on any atom is -0.395 e. The van der Waals surface area contributed by atoms with E-state index in [9.17, 15) is 4.79 Å². The van der Waals surface area contributed by atoms with Crippen LogP contribution in [0.2, 0.25) is 0 Å². The number of aliphatic hydroxyl groups excluding tert-OH is 1. The van der Waals surface area contributed by atoms with Gasteiger partial charge in [0.2, 0.25) is 0 Å². The Morgan fingerprint density at radius 1 is 1.04 bits per heavy atom. The van der Waals surface area contributed by atoms with Gasteiger partial charge < -0.3 is 10.0 Å². The van der Waals surface area contributed by atoms with E-state index in [1.807, 2.05) is 35.2 Å². The number of aliphatic hydroxyl groups is 1. The third-order valence-electron chi connectivity index (χ3n) is 4.01. The highest BCUT2D eigenvalue weighted by atomic mass is 16.3. The fourth-order valence-corrected chi connectivity index (χ4v) is 2.67. The Morgan fingerprint density at radius 2 is 1.70 bits per heavy atom. The summed E-state index contributed by atoms with van der Waals surface area (Å²) in [5.74, 6) is 0.586. The first kappa shape index (κ1) is 15.6. The predicted octanol–water partition coefficient (Wildman–Crippen LogP) is 0.894. The molecule has 120 valence electrons. The number of amides is 1. The Balaban J connectivity index is 1.64. The molecule has 2 aromatic rings. The average molecular weight is 312 g/mol. The highest BCUT2D eigenvalue weighted by Gasteiger charge is 2.22. The first-order valence-corrected chi connectivity index (χ1v) is 7.78. The van der Waals surface area contributed by atoms with Gasteiger partial charge in [0.15, 0.2) is 5.82 Å². The van der Waals surface area contributed by atoms with E-state index < -0.39 is 0 Å². The maximum absolute atomic E-state index is 12.5. The van der Waals surface area contributed by atoms with Gasteiger partial charge in [0.05, 0.1) is 12.2 Å². The number of piperazine rings is 1. The summed E-state index contributed by atoms with van der Waals surface area (Å²) < 4.78 is 0. The monoisotopic (exact) mass is 312 g/mol. The summed E-state index contributed by atoms with van der Waals surface area (Å²) >= 11 is 0. The molecule has 6 nitrogen and oxygen atoms in total. The van der Waals surface area contributed by atoms with Crippen LogP contribution >= 0.6 is 0 Å². The summed E-state index contributed by atoms with van der Waals surface area (Å²) in [4.78, 5) is 25.1. The van der Waals surface area contributed by atoms with Gasteiger partial charge >= 0.3 is 0 Å². The van der Waals surface area contributed by atoms with Gasteiger partial charge in [-0.3, -0.25) is 9.69 Å². The standard InChI is InChI=1S/C17H20N4O2/c22-11-10-20-6-8-21(9-7-20)17(23)15-12-18-16(19-13-15)14-4-2-1-3-5-14/h1-5,12-13,22H,6-11H2. The smallest absolute Gasteiger partial charge is 0.257 e. The predicted molar refractivity (Wildman–Crippen MR) is 86.9 cm³/mol. The van der Waals surface area contributed by atoms with E-state index in [4.69, 9.17) is 5.11 Å². The molecule has 1 N–H and O–H groups in total. The number of aromatic nitrogens is 2. The van der Waals surface area contributed by atoms with E-state index in [2.05, 4.69) is 14.9 Å². The molecular formula is C17H20N4O2. The Kier molecular flexibility index (Phi) is 4.95. The fraction of sp³-hybridized carbons (Fsp3) is 0.353. The minimum absolute atomic E-state index is 0.0340. The number of hydrogen-bond donors (Lipinski definition) is 1. The number of carbonyl (C=O) groups is 1. The molecule has 6 heteroatoms. The molecular weight excluding hydrogens is 292 g/mol. The Bertz CT molecular complexity index is 637. The van der Waals surface area contributed by atoms with E-state index in [1.54, 1.807) is 12.4 Å². The molecule has 0 radical (unpaired) electrons. The Morgan fingerprint density at radius 3 is 2.30 bits per heavy atom. The van der Waals surface area contributed by atoms with Gasteiger partial charge in [0, 0.05) is 50.7 Å². The van der Waals surface area contributed by atoms with Crippen molar-refractivity contribution in [2.24, 2.45) is 0 Å². The number of carbonyl (C=O) groups excluding carboxylic acids is 1. The highest BCUT2D eigenvalue weighted by molar-refractivity contribution is 5.93. The van der Waals surface area contributed by atoms with E-state index >= 15 is 0 Å². The molecule has 0 atom stereocenters. The van der Waals surface area contributed by atoms with Gasteiger partial charge in [-0.1, -0.05) is 30.3 Å². The summed E-state index contributed by atoms with van der Waals surface area (Å²) in [5, 5.41) is 8.95. The Hall–Kier alpha value is -2.31. The zero-order valence-electron chi connectivity index (χ0n) is 12.9. The normalized spacial score (nSPS) is 15.6. The molecule has 1 aliphatic heterocycles. The average Bonchev–Trinajstić information content (AvgIpc) is 2.63. The second kappa shape index (κ2) is 7.30.